The van der Waals surface area contributed by atoms with Gasteiger partial charge in [0.25, 0.3) is 0 Å². The van der Waals surface area contributed by atoms with Crippen molar-refractivity contribution < 1.29 is 0 Å². The zero-order valence-electron chi connectivity index (χ0n) is 11.0. The van der Waals surface area contributed by atoms with Gasteiger partial charge in [-0.15, -0.1) is 0 Å². The summed E-state index contributed by atoms with van der Waals surface area (Å²) >= 11 is 8.59. The van der Waals surface area contributed by atoms with Crippen molar-refractivity contribution in [3.8, 4) is 0 Å². The van der Waals surface area contributed by atoms with E-state index in [0.29, 0.717) is 0 Å². The fraction of sp³-hybridized carbons (Fsp3) is 1.00. The van der Waals surface area contributed by atoms with Gasteiger partial charge in [-0.05, 0) is 0 Å². The monoisotopic (exact) mass is 399 g/mol. The Labute approximate surface area is 127 Å². The van der Waals surface area contributed by atoms with Gasteiger partial charge in [0, 0.05) is 0 Å². The first-order valence-corrected chi connectivity index (χ1v) is 13.5. The summed E-state index contributed by atoms with van der Waals surface area (Å²) in [5.74, 6) is 0. The molecule has 0 aromatic rings. The normalized spacial score (nSPS) is 30.9. The Morgan fingerprint density at radius 3 is 0.944 bits per heavy atom. The van der Waals surface area contributed by atoms with Crippen LogP contribution in [0.2, 0.25) is 0 Å². The van der Waals surface area contributed by atoms with Crippen LogP contribution in [-0.2, 0) is 0 Å². The molecule has 0 aliphatic carbocycles. The standard InChI is InChI=1S/C12H24Br2N3P/c13-18(14,15-7-1-2-8-15,16-9-3-4-10-16)17-11-5-6-12-17/h1-12H2. The zero-order valence-corrected chi connectivity index (χ0v) is 15.1. The van der Waals surface area contributed by atoms with Crippen molar-refractivity contribution in [2.45, 2.75) is 38.5 Å². The van der Waals surface area contributed by atoms with E-state index in [4.69, 9.17) is 0 Å². The first-order chi connectivity index (χ1) is 8.62. The first kappa shape index (κ1) is 14.2. The predicted octanol–water partition coefficient (Wildman–Crippen LogP) is 4.19. The number of rotatable bonds is 3. The van der Waals surface area contributed by atoms with Crippen LogP contribution in [0.4, 0.5) is 0 Å². The second kappa shape index (κ2) is 5.23. The van der Waals surface area contributed by atoms with Crippen LogP contribution in [0.1, 0.15) is 38.5 Å². The summed E-state index contributed by atoms with van der Waals surface area (Å²) in [5, 5.41) is 0. The minimum atomic E-state index is -2.32. The van der Waals surface area contributed by atoms with Gasteiger partial charge < -0.3 is 0 Å². The van der Waals surface area contributed by atoms with Crippen molar-refractivity contribution in [3.05, 3.63) is 0 Å². The van der Waals surface area contributed by atoms with Crippen LogP contribution < -0.4 is 0 Å². The molecule has 3 fully saturated rings. The molecule has 3 nitrogen and oxygen atoms in total. The molecule has 0 bridgehead atoms. The van der Waals surface area contributed by atoms with E-state index in [1.807, 2.05) is 0 Å². The second-order valence-corrected chi connectivity index (χ2v) is 19.7. The van der Waals surface area contributed by atoms with E-state index in [1.54, 1.807) is 0 Å². The number of hydrogen-bond acceptors (Lipinski definition) is 3. The summed E-state index contributed by atoms with van der Waals surface area (Å²) in [7, 11) is 0. The van der Waals surface area contributed by atoms with Crippen molar-refractivity contribution in [2.75, 3.05) is 39.3 Å². The number of halogens is 2. The molecule has 0 radical (unpaired) electrons. The third kappa shape index (κ3) is 2.14. The van der Waals surface area contributed by atoms with Gasteiger partial charge in [0.2, 0.25) is 0 Å². The van der Waals surface area contributed by atoms with Crippen LogP contribution in [0.15, 0.2) is 0 Å². The Hall–Kier alpha value is 1.27. The topological polar surface area (TPSA) is 9.72 Å². The maximum atomic E-state index is 4.30. The third-order valence-corrected chi connectivity index (χ3v) is 16.7. The van der Waals surface area contributed by atoms with Gasteiger partial charge in [0.1, 0.15) is 0 Å². The van der Waals surface area contributed by atoms with Crippen LogP contribution in [0, 0.1) is 0 Å². The molecule has 0 aromatic heterocycles. The maximum absolute atomic E-state index is 4.30. The molecule has 3 rings (SSSR count). The molecule has 0 aromatic carbocycles. The van der Waals surface area contributed by atoms with Crippen molar-refractivity contribution in [1.29, 1.82) is 0 Å². The Kier molecular flexibility index (Phi) is 4.13. The minimum absolute atomic E-state index is 1.25. The summed E-state index contributed by atoms with van der Waals surface area (Å²) in [6.45, 7) is 7.51. The van der Waals surface area contributed by atoms with E-state index in [-0.39, 0.29) is 0 Å². The molecular formula is C12H24Br2N3P. The van der Waals surface area contributed by atoms with Gasteiger partial charge in [-0.2, -0.15) is 0 Å². The quantitative estimate of drug-likeness (QED) is 0.657. The Balaban J connectivity index is 1.93. The van der Waals surface area contributed by atoms with Crippen molar-refractivity contribution >= 4 is 35.4 Å². The average Bonchev–Trinajstić information content (AvgIpc) is 3.13. The fourth-order valence-corrected chi connectivity index (χ4v) is 13.2. The van der Waals surface area contributed by atoms with Crippen molar-refractivity contribution in [1.82, 2.24) is 14.0 Å². The fourth-order valence-electron chi connectivity index (χ4n) is 3.63. The molecular weight excluding hydrogens is 377 g/mol. The molecule has 0 atom stereocenters. The number of hydrogen-bond donors (Lipinski definition) is 0. The molecule has 3 saturated heterocycles. The molecule has 0 spiro atoms. The number of nitrogens with zero attached hydrogens (tertiary/aromatic N) is 3. The molecule has 106 valence electrons. The third-order valence-electron chi connectivity index (χ3n) is 4.65. The summed E-state index contributed by atoms with van der Waals surface area (Å²) < 4.78 is 5.90. The van der Waals surface area contributed by atoms with Gasteiger partial charge in [-0.1, -0.05) is 0 Å². The van der Waals surface area contributed by atoms with Crippen molar-refractivity contribution in [2.24, 2.45) is 0 Å². The molecule has 6 heteroatoms. The van der Waals surface area contributed by atoms with E-state index < -0.39 is 4.46 Å². The van der Waals surface area contributed by atoms with Gasteiger partial charge in [-0.25, -0.2) is 0 Å². The van der Waals surface area contributed by atoms with Gasteiger partial charge in [-0.3, -0.25) is 0 Å². The molecule has 0 N–H and O–H groups in total. The zero-order chi connectivity index (χ0) is 12.7. The SMILES string of the molecule is BrP(Br)(N1CCCC1)(N1CCCC1)N1CCCC1. The average molecular weight is 401 g/mol. The van der Waals surface area contributed by atoms with Crippen LogP contribution >= 0.6 is 35.4 Å². The Morgan fingerprint density at radius 2 is 0.722 bits per heavy atom. The van der Waals surface area contributed by atoms with Crippen LogP contribution in [-0.4, -0.2) is 53.3 Å². The van der Waals surface area contributed by atoms with Gasteiger partial charge in [0.05, 0.1) is 0 Å². The van der Waals surface area contributed by atoms with E-state index >= 15 is 0 Å². The van der Waals surface area contributed by atoms with Gasteiger partial charge >= 0.3 is 127 Å². The summed E-state index contributed by atoms with van der Waals surface area (Å²) in [6.07, 6.45) is 8.15. The van der Waals surface area contributed by atoms with E-state index in [9.17, 15) is 0 Å². The molecule has 3 heterocycles. The van der Waals surface area contributed by atoms with Crippen LogP contribution in [0.5, 0.6) is 0 Å². The molecule has 3 aliphatic rings. The van der Waals surface area contributed by atoms with E-state index in [1.165, 1.54) is 77.8 Å². The van der Waals surface area contributed by atoms with Crippen molar-refractivity contribution in [3.63, 3.8) is 0 Å². The van der Waals surface area contributed by atoms with E-state index in [2.05, 4.69) is 45.0 Å². The molecule has 0 amide bonds. The first-order valence-electron chi connectivity index (χ1n) is 7.34. The molecule has 3 aliphatic heterocycles. The molecule has 0 unspecified atom stereocenters. The van der Waals surface area contributed by atoms with E-state index in [0.717, 1.165) is 0 Å². The Bertz CT molecular complexity index is 261. The summed E-state index contributed by atoms with van der Waals surface area (Å²) in [6, 6.07) is 0. The summed E-state index contributed by atoms with van der Waals surface area (Å²) in [4.78, 5) is 0. The predicted molar refractivity (Wildman–Crippen MR) is 87.2 cm³/mol. The summed E-state index contributed by atoms with van der Waals surface area (Å²) in [5.41, 5.74) is 0. The second-order valence-electron chi connectivity index (χ2n) is 5.77. The van der Waals surface area contributed by atoms with Crippen LogP contribution in [0.3, 0.4) is 0 Å². The van der Waals surface area contributed by atoms with Crippen LogP contribution in [0.25, 0.3) is 0 Å². The van der Waals surface area contributed by atoms with Gasteiger partial charge in [0.15, 0.2) is 0 Å². The molecule has 18 heavy (non-hydrogen) atoms. The Morgan fingerprint density at radius 1 is 0.500 bits per heavy atom. The molecule has 0 saturated carbocycles.